The molecule has 4 nitrogen and oxygen atoms in total. The third-order valence-corrected chi connectivity index (χ3v) is 1.99. The molecule has 5 heteroatoms. The first-order valence-corrected chi connectivity index (χ1v) is 4.11. The van der Waals surface area contributed by atoms with Crippen LogP contribution < -0.4 is 5.73 Å². The average molecular weight is 201 g/mol. The molecule has 13 heavy (non-hydrogen) atoms. The molecule has 0 aliphatic carbocycles. The molecular formula is C8H9ClN2O2. The van der Waals surface area contributed by atoms with E-state index in [2.05, 4.69) is 0 Å². The standard InChI is InChI=1S/C8H9ClN2O2/c9-7-4-2-1-3-6(7)8(10)5-11(12)13/h1-4,8H,5,10H2/t8-/m1/s1. The highest BCUT2D eigenvalue weighted by Crippen LogP contribution is 2.20. The van der Waals surface area contributed by atoms with Crippen LogP contribution in [0.1, 0.15) is 11.6 Å². The normalized spacial score (nSPS) is 12.5. The Morgan fingerprint density at radius 3 is 2.69 bits per heavy atom. The lowest BCUT2D eigenvalue weighted by atomic mass is 10.1. The van der Waals surface area contributed by atoms with E-state index in [1.807, 2.05) is 0 Å². The summed E-state index contributed by atoms with van der Waals surface area (Å²) in [4.78, 5) is 9.73. The average Bonchev–Trinajstić information content (AvgIpc) is 2.03. The number of nitrogens with two attached hydrogens (primary N) is 1. The van der Waals surface area contributed by atoms with E-state index >= 15 is 0 Å². The Kier molecular flexibility index (Phi) is 3.22. The van der Waals surface area contributed by atoms with Gasteiger partial charge in [-0.3, -0.25) is 10.1 Å². The molecule has 0 amide bonds. The van der Waals surface area contributed by atoms with Crippen molar-refractivity contribution >= 4 is 11.6 Å². The minimum Gasteiger partial charge on any atom is -0.319 e. The first kappa shape index (κ1) is 9.95. The molecule has 0 spiro atoms. The minimum atomic E-state index is -0.635. The monoisotopic (exact) mass is 200 g/mol. The zero-order valence-corrected chi connectivity index (χ0v) is 7.57. The van der Waals surface area contributed by atoms with Crippen molar-refractivity contribution in [3.05, 3.63) is 45.0 Å². The molecule has 70 valence electrons. The number of hydrogen-bond donors (Lipinski definition) is 1. The first-order valence-electron chi connectivity index (χ1n) is 3.73. The number of nitrogens with zero attached hydrogens (tertiary/aromatic N) is 1. The Labute approximate surface area is 80.5 Å². The van der Waals surface area contributed by atoms with Crippen molar-refractivity contribution in [2.24, 2.45) is 5.73 Å². The highest BCUT2D eigenvalue weighted by Gasteiger charge is 2.14. The summed E-state index contributed by atoms with van der Waals surface area (Å²) in [6.45, 7) is -0.302. The van der Waals surface area contributed by atoms with Crippen LogP contribution in [0.15, 0.2) is 24.3 Å². The lowest BCUT2D eigenvalue weighted by Gasteiger charge is -2.08. The topological polar surface area (TPSA) is 69.2 Å². The van der Waals surface area contributed by atoms with Gasteiger partial charge in [-0.25, -0.2) is 0 Å². The molecular weight excluding hydrogens is 192 g/mol. The SMILES string of the molecule is N[C@H](C[N+](=O)[O-])c1ccccc1Cl. The van der Waals surface area contributed by atoms with Crippen LogP contribution in [0.5, 0.6) is 0 Å². The quantitative estimate of drug-likeness (QED) is 0.596. The fraction of sp³-hybridized carbons (Fsp3) is 0.250. The smallest absolute Gasteiger partial charge is 0.222 e. The van der Waals surface area contributed by atoms with Gasteiger partial charge in [0.1, 0.15) is 0 Å². The van der Waals surface area contributed by atoms with E-state index in [9.17, 15) is 10.1 Å². The van der Waals surface area contributed by atoms with Crippen LogP contribution in [0.2, 0.25) is 5.02 Å². The maximum atomic E-state index is 10.2. The van der Waals surface area contributed by atoms with Crippen molar-refractivity contribution < 1.29 is 4.92 Å². The molecule has 0 saturated heterocycles. The zero-order chi connectivity index (χ0) is 9.84. The molecule has 1 atom stereocenters. The number of hydrogen-bond acceptors (Lipinski definition) is 3. The van der Waals surface area contributed by atoms with E-state index < -0.39 is 11.0 Å². The van der Waals surface area contributed by atoms with Crippen molar-refractivity contribution in [3.8, 4) is 0 Å². The summed E-state index contributed by atoms with van der Waals surface area (Å²) in [5.41, 5.74) is 6.18. The Morgan fingerprint density at radius 1 is 1.54 bits per heavy atom. The van der Waals surface area contributed by atoms with Crippen molar-refractivity contribution in [2.45, 2.75) is 6.04 Å². The molecule has 0 unspecified atom stereocenters. The number of rotatable bonds is 3. The third-order valence-electron chi connectivity index (χ3n) is 1.65. The van der Waals surface area contributed by atoms with Gasteiger partial charge in [-0.2, -0.15) is 0 Å². The van der Waals surface area contributed by atoms with Crippen LogP contribution in [0.3, 0.4) is 0 Å². The van der Waals surface area contributed by atoms with Crippen molar-refractivity contribution in [1.82, 2.24) is 0 Å². The Morgan fingerprint density at radius 2 is 2.15 bits per heavy atom. The highest BCUT2D eigenvalue weighted by molar-refractivity contribution is 6.31. The van der Waals surface area contributed by atoms with E-state index in [1.165, 1.54) is 0 Å². The molecule has 0 saturated carbocycles. The van der Waals surface area contributed by atoms with Gasteiger partial charge in [0, 0.05) is 9.95 Å². The first-order chi connectivity index (χ1) is 6.11. The Hall–Kier alpha value is -1.13. The minimum absolute atomic E-state index is 0.302. The summed E-state index contributed by atoms with van der Waals surface area (Å²) >= 11 is 5.80. The maximum Gasteiger partial charge on any atom is 0.222 e. The van der Waals surface area contributed by atoms with Crippen molar-refractivity contribution in [3.63, 3.8) is 0 Å². The molecule has 1 rings (SSSR count). The predicted molar refractivity (Wildman–Crippen MR) is 50.2 cm³/mol. The third kappa shape index (κ3) is 2.68. The zero-order valence-electron chi connectivity index (χ0n) is 6.81. The molecule has 0 fully saturated rings. The fourth-order valence-electron chi connectivity index (χ4n) is 1.03. The molecule has 0 aliphatic rings. The van der Waals surface area contributed by atoms with Gasteiger partial charge in [-0.05, 0) is 11.6 Å². The number of nitro groups is 1. The highest BCUT2D eigenvalue weighted by atomic mass is 35.5. The lowest BCUT2D eigenvalue weighted by molar-refractivity contribution is -0.483. The van der Waals surface area contributed by atoms with Gasteiger partial charge in [0.25, 0.3) is 0 Å². The van der Waals surface area contributed by atoms with Crippen LogP contribution in [-0.2, 0) is 0 Å². The van der Waals surface area contributed by atoms with Gasteiger partial charge in [0.15, 0.2) is 0 Å². The van der Waals surface area contributed by atoms with Crippen LogP contribution in [0.4, 0.5) is 0 Å². The second-order valence-corrected chi connectivity index (χ2v) is 3.05. The van der Waals surface area contributed by atoms with Gasteiger partial charge in [-0.15, -0.1) is 0 Å². The van der Waals surface area contributed by atoms with E-state index in [4.69, 9.17) is 17.3 Å². The summed E-state index contributed by atoms with van der Waals surface area (Å²) in [5, 5.41) is 10.6. The Balaban J connectivity index is 2.82. The maximum absolute atomic E-state index is 10.2. The molecule has 1 aromatic rings. The van der Waals surface area contributed by atoms with Crippen molar-refractivity contribution in [1.29, 1.82) is 0 Å². The lowest BCUT2D eigenvalue weighted by Crippen LogP contribution is -2.20. The molecule has 0 aromatic heterocycles. The fourth-order valence-corrected chi connectivity index (χ4v) is 1.31. The molecule has 0 aliphatic heterocycles. The van der Waals surface area contributed by atoms with Gasteiger partial charge < -0.3 is 5.73 Å². The van der Waals surface area contributed by atoms with Crippen LogP contribution in [0, 0.1) is 10.1 Å². The van der Waals surface area contributed by atoms with Gasteiger partial charge in [-0.1, -0.05) is 29.8 Å². The van der Waals surface area contributed by atoms with E-state index in [-0.39, 0.29) is 6.54 Å². The molecule has 0 radical (unpaired) electrons. The summed E-state index contributed by atoms with van der Waals surface area (Å²) in [6.07, 6.45) is 0. The predicted octanol–water partition coefficient (Wildman–Crippen LogP) is 1.62. The molecule has 1 aromatic carbocycles. The number of benzene rings is 1. The summed E-state index contributed by atoms with van der Waals surface area (Å²) in [7, 11) is 0. The van der Waals surface area contributed by atoms with E-state index in [0.29, 0.717) is 10.6 Å². The second-order valence-electron chi connectivity index (χ2n) is 2.64. The Bertz CT molecular complexity index is 317. The molecule has 0 heterocycles. The van der Waals surface area contributed by atoms with Crippen molar-refractivity contribution in [2.75, 3.05) is 6.54 Å². The van der Waals surface area contributed by atoms with Crippen LogP contribution in [-0.4, -0.2) is 11.5 Å². The summed E-state index contributed by atoms with van der Waals surface area (Å²) in [6, 6.07) is 6.22. The van der Waals surface area contributed by atoms with Gasteiger partial charge in [0.2, 0.25) is 6.54 Å². The second kappa shape index (κ2) is 4.20. The molecule has 0 bridgehead atoms. The summed E-state index contributed by atoms with van der Waals surface area (Å²) in [5.74, 6) is 0. The molecule has 2 N–H and O–H groups in total. The van der Waals surface area contributed by atoms with Crippen LogP contribution in [0.25, 0.3) is 0 Å². The van der Waals surface area contributed by atoms with E-state index in [1.54, 1.807) is 24.3 Å². The van der Waals surface area contributed by atoms with Gasteiger partial charge >= 0.3 is 0 Å². The number of halogens is 1. The van der Waals surface area contributed by atoms with Gasteiger partial charge in [0.05, 0.1) is 6.04 Å². The van der Waals surface area contributed by atoms with Crippen LogP contribution >= 0.6 is 11.6 Å². The summed E-state index contributed by atoms with van der Waals surface area (Å²) < 4.78 is 0. The van der Waals surface area contributed by atoms with E-state index in [0.717, 1.165) is 0 Å². The largest absolute Gasteiger partial charge is 0.319 e.